The molecule has 0 aliphatic heterocycles. The molecular formula is C17H12N2OS2. The first-order valence-electron chi connectivity index (χ1n) is 6.87. The standard InChI is InChI=1S/C17H12N2OS2/c20-17-15-14(12-5-2-1-3-6-12)10-22-16(15)18-11-19(17)9-13-7-4-8-21-13/h1-8,10-11H,9H2. The first kappa shape index (κ1) is 13.4. The number of benzene rings is 1. The van der Waals surface area contributed by atoms with Crippen LogP contribution in [0.5, 0.6) is 0 Å². The van der Waals surface area contributed by atoms with Crippen LogP contribution in [0.15, 0.2) is 64.3 Å². The Labute approximate surface area is 135 Å². The zero-order chi connectivity index (χ0) is 14.9. The first-order chi connectivity index (χ1) is 10.8. The van der Waals surface area contributed by atoms with Gasteiger partial charge in [0.25, 0.3) is 5.56 Å². The third-order valence-corrected chi connectivity index (χ3v) is 5.30. The van der Waals surface area contributed by atoms with E-state index in [0.29, 0.717) is 6.54 Å². The molecule has 108 valence electrons. The summed E-state index contributed by atoms with van der Waals surface area (Å²) >= 11 is 3.17. The average molecular weight is 324 g/mol. The highest BCUT2D eigenvalue weighted by molar-refractivity contribution is 7.17. The average Bonchev–Trinajstić information content (AvgIpc) is 3.21. The third kappa shape index (κ3) is 2.28. The molecule has 0 atom stereocenters. The van der Waals surface area contributed by atoms with Crippen LogP contribution in [0, 0.1) is 0 Å². The van der Waals surface area contributed by atoms with Gasteiger partial charge >= 0.3 is 0 Å². The molecule has 0 saturated heterocycles. The topological polar surface area (TPSA) is 34.9 Å². The van der Waals surface area contributed by atoms with Crippen molar-refractivity contribution in [3.63, 3.8) is 0 Å². The Bertz CT molecular complexity index is 969. The highest BCUT2D eigenvalue weighted by Gasteiger charge is 2.13. The minimum atomic E-state index is 0.0264. The molecule has 0 bridgehead atoms. The third-order valence-electron chi connectivity index (χ3n) is 3.55. The summed E-state index contributed by atoms with van der Waals surface area (Å²) in [6.45, 7) is 0.573. The van der Waals surface area contributed by atoms with E-state index in [1.165, 1.54) is 11.3 Å². The second kappa shape index (κ2) is 5.51. The largest absolute Gasteiger partial charge is 0.293 e. The van der Waals surface area contributed by atoms with Gasteiger partial charge in [-0.25, -0.2) is 4.98 Å². The number of rotatable bonds is 3. The van der Waals surface area contributed by atoms with Crippen molar-refractivity contribution < 1.29 is 0 Å². The van der Waals surface area contributed by atoms with Crippen LogP contribution in [0.2, 0.25) is 0 Å². The van der Waals surface area contributed by atoms with E-state index in [-0.39, 0.29) is 5.56 Å². The smallest absolute Gasteiger partial charge is 0.263 e. The lowest BCUT2D eigenvalue weighted by atomic mass is 10.1. The Balaban J connectivity index is 1.89. The number of aromatic nitrogens is 2. The van der Waals surface area contributed by atoms with Gasteiger partial charge < -0.3 is 0 Å². The minimum absolute atomic E-state index is 0.0264. The van der Waals surface area contributed by atoms with E-state index in [1.54, 1.807) is 22.2 Å². The molecule has 0 saturated carbocycles. The molecule has 22 heavy (non-hydrogen) atoms. The van der Waals surface area contributed by atoms with Crippen molar-refractivity contribution in [2.75, 3.05) is 0 Å². The van der Waals surface area contributed by atoms with Gasteiger partial charge in [-0.3, -0.25) is 9.36 Å². The van der Waals surface area contributed by atoms with Crippen LogP contribution in [0.25, 0.3) is 21.3 Å². The zero-order valence-corrected chi connectivity index (χ0v) is 13.2. The molecule has 0 unspecified atom stereocenters. The lowest BCUT2D eigenvalue weighted by Crippen LogP contribution is -2.20. The lowest BCUT2D eigenvalue weighted by molar-refractivity contribution is 0.759. The molecule has 4 aromatic rings. The number of hydrogen-bond acceptors (Lipinski definition) is 4. The maximum absolute atomic E-state index is 12.8. The van der Waals surface area contributed by atoms with E-state index >= 15 is 0 Å². The first-order valence-corrected chi connectivity index (χ1v) is 8.63. The van der Waals surface area contributed by atoms with Gasteiger partial charge in [0.15, 0.2) is 0 Å². The predicted octanol–water partition coefficient (Wildman–Crippen LogP) is 4.23. The van der Waals surface area contributed by atoms with Crippen molar-refractivity contribution in [2.24, 2.45) is 0 Å². The maximum atomic E-state index is 12.8. The fourth-order valence-electron chi connectivity index (χ4n) is 2.48. The van der Waals surface area contributed by atoms with Crippen LogP contribution in [0.4, 0.5) is 0 Å². The van der Waals surface area contributed by atoms with Crippen LogP contribution in [0.1, 0.15) is 4.88 Å². The molecule has 1 aromatic carbocycles. The van der Waals surface area contributed by atoms with Crippen molar-refractivity contribution in [3.05, 3.63) is 74.8 Å². The van der Waals surface area contributed by atoms with Crippen molar-refractivity contribution in [3.8, 4) is 11.1 Å². The monoisotopic (exact) mass is 324 g/mol. The van der Waals surface area contributed by atoms with Crippen molar-refractivity contribution in [1.29, 1.82) is 0 Å². The van der Waals surface area contributed by atoms with Gasteiger partial charge in [0.05, 0.1) is 18.3 Å². The summed E-state index contributed by atoms with van der Waals surface area (Å²) in [6, 6.07) is 14.0. The molecular weight excluding hydrogens is 312 g/mol. The Kier molecular flexibility index (Phi) is 3.36. The quantitative estimate of drug-likeness (QED) is 0.565. The molecule has 0 aliphatic rings. The number of thiophene rings is 2. The molecule has 3 heterocycles. The molecule has 5 heteroatoms. The summed E-state index contributed by atoms with van der Waals surface area (Å²) in [5.41, 5.74) is 2.05. The number of fused-ring (bicyclic) bond motifs is 1. The Hall–Kier alpha value is -2.24. The summed E-state index contributed by atoms with van der Waals surface area (Å²) in [6.07, 6.45) is 1.65. The fourth-order valence-corrected chi connectivity index (χ4v) is 4.09. The summed E-state index contributed by atoms with van der Waals surface area (Å²) < 4.78 is 1.69. The Morgan fingerprint density at radius 1 is 1.05 bits per heavy atom. The Morgan fingerprint density at radius 2 is 1.91 bits per heavy atom. The normalized spacial score (nSPS) is 11.1. The van der Waals surface area contributed by atoms with Gasteiger partial charge in [0, 0.05) is 15.8 Å². The predicted molar refractivity (Wildman–Crippen MR) is 92.7 cm³/mol. The van der Waals surface area contributed by atoms with Gasteiger partial charge in [-0.15, -0.1) is 22.7 Å². The molecule has 3 aromatic heterocycles. The second-order valence-electron chi connectivity index (χ2n) is 4.95. The van der Waals surface area contributed by atoms with Crippen LogP contribution in [-0.4, -0.2) is 9.55 Å². The van der Waals surface area contributed by atoms with Gasteiger partial charge in [0.1, 0.15) is 4.83 Å². The molecule has 0 N–H and O–H groups in total. The van der Waals surface area contributed by atoms with E-state index in [4.69, 9.17) is 0 Å². The van der Waals surface area contributed by atoms with E-state index < -0.39 is 0 Å². The molecule has 3 nitrogen and oxygen atoms in total. The molecule has 0 fully saturated rings. The maximum Gasteiger partial charge on any atom is 0.263 e. The summed E-state index contributed by atoms with van der Waals surface area (Å²) in [4.78, 5) is 19.2. The SMILES string of the molecule is O=c1c2c(-c3ccccc3)csc2ncn1Cc1cccs1. The summed E-state index contributed by atoms with van der Waals surface area (Å²) in [5, 5.41) is 4.76. The molecule has 0 radical (unpaired) electrons. The highest BCUT2D eigenvalue weighted by atomic mass is 32.1. The fraction of sp³-hybridized carbons (Fsp3) is 0.0588. The van der Waals surface area contributed by atoms with E-state index in [1.807, 2.05) is 53.2 Å². The summed E-state index contributed by atoms with van der Waals surface area (Å²) in [7, 11) is 0. The van der Waals surface area contributed by atoms with E-state index in [0.717, 1.165) is 26.2 Å². The minimum Gasteiger partial charge on any atom is -0.293 e. The van der Waals surface area contributed by atoms with Crippen molar-refractivity contribution in [1.82, 2.24) is 9.55 Å². The van der Waals surface area contributed by atoms with E-state index in [9.17, 15) is 4.79 Å². The lowest BCUT2D eigenvalue weighted by Gasteiger charge is -2.04. The summed E-state index contributed by atoms with van der Waals surface area (Å²) in [5.74, 6) is 0. The van der Waals surface area contributed by atoms with E-state index in [2.05, 4.69) is 4.98 Å². The second-order valence-corrected chi connectivity index (χ2v) is 6.84. The van der Waals surface area contributed by atoms with Gasteiger partial charge in [0.2, 0.25) is 0 Å². The molecule has 0 spiro atoms. The van der Waals surface area contributed by atoms with Crippen LogP contribution >= 0.6 is 22.7 Å². The molecule has 0 aliphatic carbocycles. The van der Waals surface area contributed by atoms with Crippen LogP contribution in [0.3, 0.4) is 0 Å². The number of nitrogens with zero attached hydrogens (tertiary/aromatic N) is 2. The van der Waals surface area contributed by atoms with Crippen molar-refractivity contribution in [2.45, 2.75) is 6.54 Å². The van der Waals surface area contributed by atoms with Crippen molar-refractivity contribution >= 4 is 32.9 Å². The van der Waals surface area contributed by atoms with Gasteiger partial charge in [-0.1, -0.05) is 36.4 Å². The number of hydrogen-bond donors (Lipinski definition) is 0. The van der Waals surface area contributed by atoms with Crippen LogP contribution < -0.4 is 5.56 Å². The highest BCUT2D eigenvalue weighted by Crippen LogP contribution is 2.30. The van der Waals surface area contributed by atoms with Gasteiger partial charge in [-0.05, 0) is 17.0 Å². The molecule has 4 rings (SSSR count). The van der Waals surface area contributed by atoms with Gasteiger partial charge in [-0.2, -0.15) is 0 Å². The Morgan fingerprint density at radius 3 is 2.68 bits per heavy atom. The van der Waals surface area contributed by atoms with Crippen LogP contribution in [-0.2, 0) is 6.54 Å². The molecule has 0 amide bonds. The zero-order valence-electron chi connectivity index (χ0n) is 11.6.